The third kappa shape index (κ3) is 4.02. The second kappa shape index (κ2) is 9.33. The second-order valence-electron chi connectivity index (χ2n) is 11.5. The second-order valence-corrected chi connectivity index (χ2v) is 42.0. The van der Waals surface area contributed by atoms with Crippen LogP contribution in [0.3, 0.4) is 0 Å². The Bertz CT molecular complexity index is 1080. The first-order valence-electron chi connectivity index (χ1n) is 11.6. The quantitative estimate of drug-likeness (QED) is 0.325. The Balaban J connectivity index is 0.00000181. The smallest absolute Gasteiger partial charge is 0.147 e. The number of rotatable bonds is 4. The molecule has 0 amide bonds. The van der Waals surface area contributed by atoms with Crippen molar-refractivity contribution >= 4 is 42.8 Å². The van der Waals surface area contributed by atoms with Crippen LogP contribution in [0.4, 0.5) is 0 Å². The van der Waals surface area contributed by atoms with Gasteiger partial charge in [0.2, 0.25) is 0 Å². The van der Waals surface area contributed by atoms with Gasteiger partial charge in [-0.15, -0.1) is 24.8 Å². The normalized spacial score (nSPS) is 20.3. The van der Waals surface area contributed by atoms with Gasteiger partial charge in [0, 0.05) is 0 Å². The van der Waals surface area contributed by atoms with Crippen LogP contribution in [0.1, 0.15) is 71.0 Å². The van der Waals surface area contributed by atoms with E-state index < -0.39 is 17.4 Å². The fraction of sp³-hybridized carbons (Fsp3) is 0.429. The van der Waals surface area contributed by atoms with E-state index in [9.17, 15) is 0 Å². The summed E-state index contributed by atoms with van der Waals surface area (Å²) < 4.78 is 6.75. The monoisotopic (exact) mass is 564 g/mol. The first-order valence-corrected chi connectivity index (χ1v) is 25.3. The van der Waals surface area contributed by atoms with E-state index in [4.69, 9.17) is 0 Å². The predicted octanol–water partition coefficient (Wildman–Crippen LogP) is 8.53. The molecule has 32 heavy (non-hydrogen) atoms. The fourth-order valence-corrected chi connectivity index (χ4v) is 28.4. The first kappa shape index (κ1) is 27.8. The van der Waals surface area contributed by atoms with Gasteiger partial charge in [-0.3, -0.25) is 0 Å². The van der Waals surface area contributed by atoms with Crippen molar-refractivity contribution in [2.75, 3.05) is 0 Å². The summed E-state index contributed by atoms with van der Waals surface area (Å²) in [5.41, 5.74) is 12.9. The van der Waals surface area contributed by atoms with Gasteiger partial charge >= 0.3 is 187 Å². The predicted molar refractivity (Wildman–Crippen MR) is 148 cm³/mol. The summed E-state index contributed by atoms with van der Waals surface area (Å²) in [6, 6.07) is 18.6. The topological polar surface area (TPSA) is 0 Å². The van der Waals surface area contributed by atoms with E-state index in [1.54, 1.807) is 33.4 Å². The molecule has 2 unspecified atom stereocenters. The number of hydrogen-bond donors (Lipinski definition) is 0. The Morgan fingerprint density at radius 1 is 0.656 bits per heavy atom. The van der Waals surface area contributed by atoms with Crippen LogP contribution in [0, 0.1) is 11.8 Å². The number of benzene rings is 2. The maximum Gasteiger partial charge on any atom is -0.147 e. The molecule has 2 atom stereocenters. The average Bonchev–Trinajstić information content (AvgIpc) is 3.12. The molecular weight excluding hydrogens is 527 g/mol. The molecule has 0 bridgehead atoms. The summed E-state index contributed by atoms with van der Waals surface area (Å²) in [5.74, 6) is 1.15. The third-order valence-corrected chi connectivity index (χ3v) is 25.7. The van der Waals surface area contributed by atoms with Crippen molar-refractivity contribution in [2.45, 2.75) is 58.1 Å². The van der Waals surface area contributed by atoms with Crippen LogP contribution in [0.15, 0.2) is 59.7 Å². The summed E-state index contributed by atoms with van der Waals surface area (Å²) in [4.78, 5) is 0. The summed E-state index contributed by atoms with van der Waals surface area (Å²) >= 11 is -3.38. The van der Waals surface area contributed by atoms with Crippen LogP contribution in [-0.2, 0) is 17.4 Å². The van der Waals surface area contributed by atoms with Gasteiger partial charge < -0.3 is 0 Å². The van der Waals surface area contributed by atoms with Gasteiger partial charge in [-0.25, -0.2) is 0 Å². The van der Waals surface area contributed by atoms with Crippen LogP contribution in [0.5, 0.6) is 0 Å². The van der Waals surface area contributed by atoms with Crippen molar-refractivity contribution in [3.8, 4) is 0 Å². The molecule has 0 heterocycles. The molecule has 0 saturated heterocycles. The molecule has 0 saturated carbocycles. The van der Waals surface area contributed by atoms with Crippen molar-refractivity contribution in [1.82, 2.24) is 0 Å². The number of halogens is 2. The molecule has 4 heteroatoms. The summed E-state index contributed by atoms with van der Waals surface area (Å²) in [7, 11) is 0. The van der Waals surface area contributed by atoms with E-state index in [0.29, 0.717) is 19.1 Å². The minimum Gasteiger partial charge on any atom is -0.147 e. The van der Waals surface area contributed by atoms with Gasteiger partial charge in [0.1, 0.15) is 0 Å². The van der Waals surface area contributed by atoms with E-state index in [1.807, 2.05) is 0 Å². The van der Waals surface area contributed by atoms with Gasteiger partial charge in [0.05, 0.1) is 0 Å². The average molecular weight is 567 g/mol. The van der Waals surface area contributed by atoms with E-state index in [2.05, 4.69) is 106 Å². The van der Waals surface area contributed by atoms with E-state index in [0.717, 1.165) is 0 Å². The molecule has 2 aliphatic carbocycles. The van der Waals surface area contributed by atoms with Crippen LogP contribution in [0.2, 0.25) is 9.26 Å². The minimum atomic E-state index is -3.38. The van der Waals surface area contributed by atoms with Crippen LogP contribution in [-0.4, -0.2) is 6.88 Å². The van der Waals surface area contributed by atoms with Crippen molar-refractivity contribution < 1.29 is 17.4 Å². The summed E-state index contributed by atoms with van der Waals surface area (Å²) in [5, 5.41) is 0. The van der Waals surface area contributed by atoms with Crippen molar-refractivity contribution in [1.29, 1.82) is 0 Å². The van der Waals surface area contributed by atoms with Crippen LogP contribution in [0.25, 0.3) is 11.1 Å². The summed E-state index contributed by atoms with van der Waals surface area (Å²) in [6.07, 6.45) is 0. The van der Waals surface area contributed by atoms with E-state index in [1.165, 1.54) is 11.1 Å². The zero-order valence-electron chi connectivity index (χ0n) is 21.0. The standard InChI is InChI=1S/2C13H15.2CH3.2ClH.H2Si.Zr/c2*1-9(2)13-10(3)8-11-6-4-5-7-12(11)13;;;;;;/h2*4-9H,1-3H3;2*1H3;2*1H;1H2;. The molecule has 2 aromatic carbocycles. The van der Waals surface area contributed by atoms with E-state index in [-0.39, 0.29) is 24.8 Å². The molecule has 0 spiro atoms. The first-order chi connectivity index (χ1) is 14.0. The van der Waals surface area contributed by atoms with E-state index >= 15 is 0 Å². The van der Waals surface area contributed by atoms with Gasteiger partial charge in [-0.1, -0.05) is 0 Å². The maximum atomic E-state index is 2.75. The largest absolute Gasteiger partial charge is 0.147 e. The van der Waals surface area contributed by atoms with Crippen LogP contribution >= 0.6 is 24.8 Å². The third-order valence-electron chi connectivity index (χ3n) is 7.89. The molecule has 0 aliphatic heterocycles. The Hall–Kier alpha value is -0.400. The molecule has 0 aromatic heterocycles. The molecular formula is C28H40Cl2SiZr. The molecule has 0 N–H and O–H groups in total. The molecule has 0 radical (unpaired) electrons. The van der Waals surface area contributed by atoms with Gasteiger partial charge in [0.25, 0.3) is 0 Å². The van der Waals surface area contributed by atoms with Gasteiger partial charge in [-0.2, -0.15) is 0 Å². The minimum absolute atomic E-state index is 0. The van der Waals surface area contributed by atoms with Crippen molar-refractivity contribution in [2.24, 2.45) is 11.8 Å². The molecule has 2 aliphatic rings. The molecule has 0 fully saturated rings. The SMILES string of the molecule is CC1=C(C(C)C)c2ccccc2[CH]1[Zr]([CH3])([CH3])(=[SiH2])[CH]1C(C)=C(C(C)C)c2ccccc21.Cl.Cl. The van der Waals surface area contributed by atoms with Crippen LogP contribution < -0.4 is 0 Å². The van der Waals surface area contributed by atoms with Crippen molar-refractivity contribution in [3.05, 3.63) is 81.9 Å². The van der Waals surface area contributed by atoms with Gasteiger partial charge in [0.15, 0.2) is 0 Å². The Kier molecular flexibility index (Phi) is 8.12. The number of allylic oxidation sites excluding steroid dienone is 4. The zero-order valence-corrected chi connectivity index (χ0v) is 26.5. The number of hydrogen-bond acceptors (Lipinski definition) is 0. The fourth-order valence-electron chi connectivity index (χ4n) is 7.33. The Morgan fingerprint density at radius 3 is 1.28 bits per heavy atom. The summed E-state index contributed by atoms with van der Waals surface area (Å²) in [6.45, 7) is 16.9. The van der Waals surface area contributed by atoms with Crippen molar-refractivity contribution in [3.63, 3.8) is 0 Å². The molecule has 4 rings (SSSR count). The number of fused-ring (bicyclic) bond motifs is 2. The molecule has 174 valence electrons. The Morgan fingerprint density at radius 2 is 0.969 bits per heavy atom. The van der Waals surface area contributed by atoms with Gasteiger partial charge in [-0.05, 0) is 0 Å². The molecule has 0 nitrogen and oxygen atoms in total. The Labute approximate surface area is 210 Å². The zero-order chi connectivity index (χ0) is 22.0. The molecule has 2 aromatic rings. The maximum absolute atomic E-state index is 3.38.